The van der Waals surface area contributed by atoms with Crippen LogP contribution in [0, 0.1) is 0 Å². The molecular weight excluding hydrogens is 809 g/mol. The fourth-order valence-electron chi connectivity index (χ4n) is 11.8. The summed E-state index contributed by atoms with van der Waals surface area (Å²) in [6.45, 7) is 0. The Bertz CT molecular complexity index is 4040. The van der Waals surface area contributed by atoms with Crippen LogP contribution in [0.5, 0.6) is 0 Å². The fraction of sp³-hybridized carbons (Fsp3) is 0.0154. The molecule has 2 nitrogen and oxygen atoms in total. The molecule has 0 bridgehead atoms. The van der Waals surface area contributed by atoms with Crippen molar-refractivity contribution in [1.82, 2.24) is 9.13 Å². The second kappa shape index (κ2) is 14.7. The molecule has 2 aromatic heterocycles. The lowest BCUT2D eigenvalue weighted by atomic mass is 9.67. The van der Waals surface area contributed by atoms with E-state index in [1.165, 1.54) is 116 Å². The highest BCUT2D eigenvalue weighted by molar-refractivity contribution is 6.17. The van der Waals surface area contributed by atoms with Gasteiger partial charge in [-0.05, 0) is 116 Å². The smallest absolute Gasteiger partial charge is 0.0720 e. The molecular formula is C65H42N2. The molecule has 13 aromatic rings. The van der Waals surface area contributed by atoms with Crippen LogP contribution in [-0.4, -0.2) is 9.13 Å². The Kier molecular flexibility index (Phi) is 8.23. The third kappa shape index (κ3) is 5.45. The number of nitrogens with zero attached hydrogens (tertiary/aromatic N) is 2. The standard InChI is InChI=1S/C65H42N2/c1-4-18-43(19-5-1)45-22-16-27-50(40-45)66-59-32-15-13-30-53(59)55-41-46(34-37-60(55)66)47-35-38-61-56(42-47)63-62(67(61)58-33-17-21-44-20-10-11-28-51(44)58)39-36-54-52-29-12-14-31-57(52)65(64(54)63,48-23-6-2-7-24-48)49-25-8-3-9-26-49/h1-42H. The van der Waals surface area contributed by atoms with Crippen LogP contribution in [0.3, 0.4) is 0 Å². The molecule has 14 rings (SSSR count). The number of fused-ring (bicyclic) bond motifs is 11. The van der Waals surface area contributed by atoms with E-state index in [0.717, 1.165) is 5.69 Å². The minimum Gasteiger partial charge on any atom is -0.309 e. The summed E-state index contributed by atoms with van der Waals surface area (Å²) in [4.78, 5) is 0. The van der Waals surface area contributed by atoms with Crippen LogP contribution in [0.2, 0.25) is 0 Å². The lowest BCUT2D eigenvalue weighted by Crippen LogP contribution is -2.28. The van der Waals surface area contributed by atoms with Crippen LogP contribution < -0.4 is 0 Å². The number of hydrogen-bond acceptors (Lipinski definition) is 0. The second-order valence-corrected chi connectivity index (χ2v) is 18.0. The van der Waals surface area contributed by atoms with Gasteiger partial charge >= 0.3 is 0 Å². The van der Waals surface area contributed by atoms with Gasteiger partial charge in [0.05, 0.1) is 33.2 Å². The Hall–Kier alpha value is -8.72. The molecule has 1 aliphatic rings. The molecule has 67 heavy (non-hydrogen) atoms. The predicted octanol–water partition coefficient (Wildman–Crippen LogP) is 16.7. The van der Waals surface area contributed by atoms with E-state index in [4.69, 9.17) is 0 Å². The fourth-order valence-corrected chi connectivity index (χ4v) is 11.8. The lowest BCUT2D eigenvalue weighted by Gasteiger charge is -2.34. The molecule has 0 spiro atoms. The maximum atomic E-state index is 2.53. The quantitative estimate of drug-likeness (QED) is 0.158. The topological polar surface area (TPSA) is 9.86 Å². The van der Waals surface area contributed by atoms with Gasteiger partial charge in [-0.3, -0.25) is 0 Å². The van der Waals surface area contributed by atoms with Crippen molar-refractivity contribution in [3.05, 3.63) is 277 Å². The van der Waals surface area contributed by atoms with Gasteiger partial charge in [-0.15, -0.1) is 0 Å². The van der Waals surface area contributed by atoms with E-state index in [1.807, 2.05) is 0 Å². The lowest BCUT2D eigenvalue weighted by molar-refractivity contribution is 0.776. The Balaban J connectivity index is 1.06. The molecule has 0 radical (unpaired) electrons. The molecule has 0 atom stereocenters. The first kappa shape index (κ1) is 37.6. The SMILES string of the molecule is c1ccc(-c2cccc(-n3c4ccccc4c4cc(-c5ccc6c(c5)c5c7c(ccc5n6-c5cccc6ccccc56)-c5ccccc5C7(c5ccccc5)c5ccccc5)ccc43)c2)cc1. The van der Waals surface area contributed by atoms with Crippen molar-refractivity contribution in [1.29, 1.82) is 0 Å². The summed E-state index contributed by atoms with van der Waals surface area (Å²) in [5.74, 6) is 0. The Morgan fingerprint density at radius 2 is 0.851 bits per heavy atom. The summed E-state index contributed by atoms with van der Waals surface area (Å²) in [7, 11) is 0. The first-order valence-corrected chi connectivity index (χ1v) is 23.3. The Labute approximate surface area is 388 Å². The predicted molar refractivity (Wildman–Crippen MR) is 281 cm³/mol. The van der Waals surface area contributed by atoms with Gasteiger partial charge in [-0.25, -0.2) is 0 Å². The molecule has 0 aliphatic heterocycles. The van der Waals surface area contributed by atoms with Gasteiger partial charge in [0.15, 0.2) is 0 Å². The van der Waals surface area contributed by atoms with Crippen molar-refractivity contribution in [3.63, 3.8) is 0 Å². The molecule has 2 heterocycles. The van der Waals surface area contributed by atoms with Gasteiger partial charge in [0, 0.05) is 32.6 Å². The van der Waals surface area contributed by atoms with E-state index < -0.39 is 5.41 Å². The maximum Gasteiger partial charge on any atom is 0.0720 e. The van der Waals surface area contributed by atoms with Crippen LogP contribution in [0.15, 0.2) is 255 Å². The molecule has 0 unspecified atom stereocenters. The molecule has 1 aliphatic carbocycles. The zero-order valence-corrected chi connectivity index (χ0v) is 36.6. The van der Waals surface area contributed by atoms with Crippen LogP contribution in [-0.2, 0) is 5.41 Å². The normalized spacial score (nSPS) is 12.9. The first-order valence-electron chi connectivity index (χ1n) is 23.3. The number of para-hydroxylation sites is 1. The van der Waals surface area contributed by atoms with Crippen molar-refractivity contribution in [2.45, 2.75) is 5.41 Å². The molecule has 0 N–H and O–H groups in total. The highest BCUT2D eigenvalue weighted by Crippen LogP contribution is 2.59. The van der Waals surface area contributed by atoms with E-state index in [0.29, 0.717) is 0 Å². The summed E-state index contributed by atoms with van der Waals surface area (Å²) >= 11 is 0. The number of hydrogen-bond donors (Lipinski definition) is 0. The Morgan fingerprint density at radius 3 is 1.63 bits per heavy atom. The molecule has 2 heteroatoms. The number of aromatic nitrogens is 2. The third-order valence-electron chi connectivity index (χ3n) is 14.6. The van der Waals surface area contributed by atoms with Crippen molar-refractivity contribution in [2.24, 2.45) is 0 Å². The van der Waals surface area contributed by atoms with Crippen LogP contribution in [0.1, 0.15) is 22.3 Å². The summed E-state index contributed by atoms with van der Waals surface area (Å²) < 4.78 is 4.96. The van der Waals surface area contributed by atoms with Crippen LogP contribution in [0.25, 0.3) is 99.1 Å². The van der Waals surface area contributed by atoms with Crippen molar-refractivity contribution in [2.75, 3.05) is 0 Å². The number of benzene rings is 11. The minimum absolute atomic E-state index is 0.569. The van der Waals surface area contributed by atoms with Gasteiger partial charge in [-0.2, -0.15) is 0 Å². The summed E-state index contributed by atoms with van der Waals surface area (Å²) in [5.41, 5.74) is 19.1. The van der Waals surface area contributed by atoms with Crippen molar-refractivity contribution < 1.29 is 0 Å². The second-order valence-electron chi connectivity index (χ2n) is 18.0. The zero-order chi connectivity index (χ0) is 44.1. The molecule has 0 saturated carbocycles. The summed E-state index contributed by atoms with van der Waals surface area (Å²) in [5, 5.41) is 7.44. The van der Waals surface area contributed by atoms with Crippen LogP contribution in [0.4, 0.5) is 0 Å². The van der Waals surface area contributed by atoms with Gasteiger partial charge in [0.2, 0.25) is 0 Å². The van der Waals surface area contributed by atoms with E-state index in [1.54, 1.807) is 0 Å². The van der Waals surface area contributed by atoms with Gasteiger partial charge in [0.1, 0.15) is 0 Å². The monoisotopic (exact) mass is 850 g/mol. The highest BCUT2D eigenvalue weighted by Gasteiger charge is 2.47. The average Bonchev–Trinajstić information content (AvgIpc) is 4.03. The van der Waals surface area contributed by atoms with E-state index in [-0.39, 0.29) is 0 Å². The molecule has 0 amide bonds. The summed E-state index contributed by atoms with van der Waals surface area (Å²) in [6, 6.07) is 94.5. The Morgan fingerprint density at radius 1 is 0.299 bits per heavy atom. The maximum absolute atomic E-state index is 2.53. The average molecular weight is 851 g/mol. The minimum atomic E-state index is -0.569. The molecule has 0 saturated heterocycles. The van der Waals surface area contributed by atoms with Gasteiger partial charge in [-0.1, -0.05) is 200 Å². The van der Waals surface area contributed by atoms with Gasteiger partial charge < -0.3 is 9.13 Å². The van der Waals surface area contributed by atoms with Crippen molar-refractivity contribution in [3.8, 4) is 44.8 Å². The number of rotatable bonds is 6. The zero-order valence-electron chi connectivity index (χ0n) is 36.6. The van der Waals surface area contributed by atoms with E-state index in [9.17, 15) is 0 Å². The highest BCUT2D eigenvalue weighted by atomic mass is 15.0. The first-order chi connectivity index (χ1) is 33.3. The van der Waals surface area contributed by atoms with E-state index in [2.05, 4.69) is 264 Å². The molecule has 0 fully saturated rings. The molecule has 11 aromatic carbocycles. The summed E-state index contributed by atoms with van der Waals surface area (Å²) in [6.07, 6.45) is 0. The van der Waals surface area contributed by atoms with Gasteiger partial charge in [0.25, 0.3) is 0 Å². The van der Waals surface area contributed by atoms with Crippen molar-refractivity contribution >= 4 is 54.4 Å². The van der Waals surface area contributed by atoms with Crippen LogP contribution >= 0.6 is 0 Å². The molecule has 312 valence electrons. The van der Waals surface area contributed by atoms with E-state index >= 15 is 0 Å². The largest absolute Gasteiger partial charge is 0.309 e. The third-order valence-corrected chi connectivity index (χ3v) is 14.6.